The molecule has 5 nitrogen and oxygen atoms in total. The summed E-state index contributed by atoms with van der Waals surface area (Å²) in [5, 5.41) is 13.4. The number of carbonyl (C=O) groups is 1. The van der Waals surface area contributed by atoms with Gasteiger partial charge in [0, 0.05) is 17.3 Å². The van der Waals surface area contributed by atoms with Crippen molar-refractivity contribution in [3.05, 3.63) is 69.2 Å². The van der Waals surface area contributed by atoms with E-state index in [2.05, 4.69) is 11.4 Å². The first-order valence-corrected chi connectivity index (χ1v) is 5.67. The molecule has 19 heavy (non-hydrogen) atoms. The lowest BCUT2D eigenvalue weighted by molar-refractivity contribution is -0.384. The number of anilines is 1. The summed E-state index contributed by atoms with van der Waals surface area (Å²) >= 11 is 5.68. The molecule has 2 rings (SSSR count). The third kappa shape index (κ3) is 3.08. The van der Waals surface area contributed by atoms with Crippen LogP contribution >= 0.6 is 11.6 Å². The second-order valence-corrected chi connectivity index (χ2v) is 4.07. The van der Waals surface area contributed by atoms with Gasteiger partial charge in [-0.15, -0.1) is 0 Å². The quantitative estimate of drug-likeness (QED) is 0.690. The normalized spacial score (nSPS) is 9.95. The van der Waals surface area contributed by atoms with Gasteiger partial charge in [-0.3, -0.25) is 14.9 Å². The van der Waals surface area contributed by atoms with Gasteiger partial charge >= 0.3 is 0 Å². The van der Waals surface area contributed by atoms with Gasteiger partial charge in [0.2, 0.25) is 0 Å². The van der Waals surface area contributed by atoms with Gasteiger partial charge in [0.1, 0.15) is 5.02 Å². The van der Waals surface area contributed by atoms with E-state index in [1.165, 1.54) is 12.1 Å². The Bertz CT molecular complexity index is 629. The zero-order valence-electron chi connectivity index (χ0n) is 9.59. The Labute approximate surface area is 114 Å². The van der Waals surface area contributed by atoms with Gasteiger partial charge in [0.05, 0.1) is 4.92 Å². The summed E-state index contributed by atoms with van der Waals surface area (Å²) in [6.45, 7) is 0. The fourth-order valence-corrected chi connectivity index (χ4v) is 1.65. The predicted octanol–water partition coefficient (Wildman–Crippen LogP) is 3.30. The molecule has 0 unspecified atom stereocenters. The van der Waals surface area contributed by atoms with Gasteiger partial charge in [-0.05, 0) is 30.3 Å². The van der Waals surface area contributed by atoms with Crippen molar-refractivity contribution in [1.82, 2.24) is 0 Å². The van der Waals surface area contributed by atoms with Crippen LogP contribution in [0.15, 0.2) is 42.5 Å². The monoisotopic (exact) mass is 275 g/mol. The molecule has 0 aromatic heterocycles. The first-order chi connectivity index (χ1) is 9.08. The van der Waals surface area contributed by atoms with Gasteiger partial charge in [0.15, 0.2) is 0 Å². The highest BCUT2D eigenvalue weighted by atomic mass is 35.5. The summed E-state index contributed by atoms with van der Waals surface area (Å²) in [6.07, 6.45) is 0. The van der Waals surface area contributed by atoms with Gasteiger partial charge in [-0.2, -0.15) is 0 Å². The van der Waals surface area contributed by atoms with E-state index >= 15 is 0 Å². The molecule has 0 aliphatic rings. The topological polar surface area (TPSA) is 72.2 Å². The van der Waals surface area contributed by atoms with Gasteiger partial charge in [-0.25, -0.2) is 0 Å². The highest BCUT2D eigenvalue weighted by Gasteiger charge is 2.16. The van der Waals surface area contributed by atoms with Crippen molar-refractivity contribution in [2.24, 2.45) is 0 Å². The first kappa shape index (κ1) is 13.0. The number of benzene rings is 2. The number of nitro benzene ring substituents is 1. The van der Waals surface area contributed by atoms with Crippen LogP contribution in [0.2, 0.25) is 5.02 Å². The standard InChI is InChI=1S/C13H8ClN2O3/c14-11-7-6-9(8-12(11)16(18)19)13(17)15-10-4-2-1-3-5-10/h2-8H,(H,15,17). The van der Waals surface area contributed by atoms with Crippen LogP contribution in [-0.2, 0) is 0 Å². The van der Waals surface area contributed by atoms with E-state index in [-0.39, 0.29) is 16.3 Å². The van der Waals surface area contributed by atoms with Crippen LogP contribution in [0.3, 0.4) is 0 Å². The molecular formula is C13H8ClN2O3. The van der Waals surface area contributed by atoms with E-state index in [9.17, 15) is 14.9 Å². The van der Waals surface area contributed by atoms with Crippen molar-refractivity contribution in [2.45, 2.75) is 0 Å². The van der Waals surface area contributed by atoms with Gasteiger partial charge in [-0.1, -0.05) is 23.7 Å². The Morgan fingerprint density at radius 3 is 2.58 bits per heavy atom. The van der Waals surface area contributed by atoms with Crippen molar-refractivity contribution in [3.63, 3.8) is 0 Å². The highest BCUT2D eigenvalue weighted by Crippen LogP contribution is 2.25. The molecule has 1 radical (unpaired) electrons. The van der Waals surface area contributed by atoms with Crippen molar-refractivity contribution in [3.8, 4) is 0 Å². The summed E-state index contributed by atoms with van der Waals surface area (Å²) in [6, 6.07) is 13.4. The van der Waals surface area contributed by atoms with Gasteiger partial charge < -0.3 is 5.32 Å². The lowest BCUT2D eigenvalue weighted by Crippen LogP contribution is -2.12. The number of nitrogens with zero attached hydrogens (tertiary/aromatic N) is 1. The zero-order valence-corrected chi connectivity index (χ0v) is 10.3. The third-order valence-corrected chi connectivity index (χ3v) is 2.70. The van der Waals surface area contributed by atoms with Crippen LogP contribution < -0.4 is 5.32 Å². The van der Waals surface area contributed by atoms with Crippen LogP contribution in [0.4, 0.5) is 11.4 Å². The number of hydrogen-bond donors (Lipinski definition) is 1. The number of amides is 1. The molecule has 6 heteroatoms. The highest BCUT2D eigenvalue weighted by molar-refractivity contribution is 6.32. The summed E-state index contributed by atoms with van der Waals surface area (Å²) in [4.78, 5) is 22.0. The Morgan fingerprint density at radius 1 is 1.26 bits per heavy atom. The van der Waals surface area contributed by atoms with Crippen LogP contribution in [0.1, 0.15) is 10.4 Å². The SMILES string of the molecule is O=C(Nc1cc[c]cc1)c1ccc(Cl)c([N+](=O)[O-])c1. The number of hydrogen-bond acceptors (Lipinski definition) is 3. The Kier molecular flexibility index (Phi) is 3.77. The number of carbonyl (C=O) groups excluding carboxylic acids is 1. The lowest BCUT2D eigenvalue weighted by Gasteiger charge is -2.05. The fraction of sp³-hybridized carbons (Fsp3) is 0. The van der Waals surface area contributed by atoms with Gasteiger partial charge in [0.25, 0.3) is 11.6 Å². The van der Waals surface area contributed by atoms with Crippen LogP contribution in [0.25, 0.3) is 0 Å². The molecule has 0 aliphatic heterocycles. The molecule has 0 saturated carbocycles. The maximum Gasteiger partial charge on any atom is 0.288 e. The number of nitro groups is 1. The van der Waals surface area contributed by atoms with Crippen LogP contribution in [0.5, 0.6) is 0 Å². The number of halogens is 1. The maximum absolute atomic E-state index is 11.9. The van der Waals surface area contributed by atoms with E-state index < -0.39 is 10.8 Å². The molecule has 0 heterocycles. The van der Waals surface area contributed by atoms with E-state index in [0.717, 1.165) is 6.07 Å². The zero-order chi connectivity index (χ0) is 13.8. The second-order valence-electron chi connectivity index (χ2n) is 3.67. The minimum atomic E-state index is -0.628. The molecule has 2 aromatic rings. The Morgan fingerprint density at radius 2 is 1.95 bits per heavy atom. The average molecular weight is 276 g/mol. The minimum Gasteiger partial charge on any atom is -0.322 e. The molecule has 95 valence electrons. The van der Waals surface area contributed by atoms with E-state index in [1.54, 1.807) is 24.3 Å². The average Bonchev–Trinajstić information content (AvgIpc) is 2.40. The first-order valence-electron chi connectivity index (χ1n) is 5.29. The van der Waals surface area contributed by atoms with Crippen LogP contribution in [-0.4, -0.2) is 10.8 Å². The van der Waals surface area contributed by atoms with Crippen molar-refractivity contribution < 1.29 is 9.72 Å². The van der Waals surface area contributed by atoms with E-state index in [1.807, 2.05) is 0 Å². The number of nitrogens with one attached hydrogen (secondary N) is 1. The lowest BCUT2D eigenvalue weighted by atomic mass is 10.2. The molecule has 0 fully saturated rings. The Balaban J connectivity index is 2.25. The smallest absolute Gasteiger partial charge is 0.288 e. The van der Waals surface area contributed by atoms with E-state index in [4.69, 9.17) is 11.6 Å². The van der Waals surface area contributed by atoms with Crippen LogP contribution in [0, 0.1) is 16.2 Å². The molecular weight excluding hydrogens is 268 g/mol. The summed E-state index contributed by atoms with van der Waals surface area (Å²) in [5.74, 6) is -0.439. The van der Waals surface area contributed by atoms with Crippen molar-refractivity contribution in [2.75, 3.05) is 5.32 Å². The largest absolute Gasteiger partial charge is 0.322 e. The fourth-order valence-electron chi connectivity index (χ4n) is 1.47. The number of rotatable bonds is 3. The molecule has 1 amide bonds. The molecule has 0 bridgehead atoms. The molecule has 0 spiro atoms. The van der Waals surface area contributed by atoms with Crippen molar-refractivity contribution in [1.29, 1.82) is 0 Å². The summed E-state index contributed by atoms with van der Waals surface area (Å²) in [7, 11) is 0. The molecule has 0 atom stereocenters. The molecule has 1 N–H and O–H groups in total. The van der Waals surface area contributed by atoms with Crippen molar-refractivity contribution >= 4 is 28.9 Å². The second kappa shape index (κ2) is 5.49. The molecule has 2 aromatic carbocycles. The molecule has 0 saturated heterocycles. The summed E-state index contributed by atoms with van der Waals surface area (Å²) < 4.78 is 0. The van der Waals surface area contributed by atoms with E-state index in [0.29, 0.717) is 5.69 Å². The molecule has 0 aliphatic carbocycles. The predicted molar refractivity (Wildman–Crippen MR) is 71.3 cm³/mol. The third-order valence-electron chi connectivity index (χ3n) is 2.38. The Hall–Kier alpha value is -2.40. The minimum absolute atomic E-state index is 0.00383. The summed E-state index contributed by atoms with van der Waals surface area (Å²) in [5.41, 5.74) is 0.459. The maximum atomic E-state index is 11.9.